The summed E-state index contributed by atoms with van der Waals surface area (Å²) in [7, 11) is 0. The molecule has 2 heterocycles. The number of carbonyl (C=O) groups is 1. The number of carboxylic acid groups (broad SMARTS) is 1. The normalized spacial score (nSPS) is 21.2. The minimum absolute atomic E-state index is 0.00944. The smallest absolute Gasteiger partial charge is 0.306 e. The molecule has 1 fully saturated rings. The van der Waals surface area contributed by atoms with Crippen LogP contribution in [0.3, 0.4) is 0 Å². The molecule has 2 unspecified atom stereocenters. The lowest BCUT2D eigenvalue weighted by atomic mass is 9.86. The first kappa shape index (κ1) is 15.6. The van der Waals surface area contributed by atoms with E-state index in [0.717, 1.165) is 16.6 Å². The summed E-state index contributed by atoms with van der Waals surface area (Å²) in [4.78, 5) is 17.7. The number of hydrogen-bond acceptors (Lipinski definition) is 4. The maximum absolute atomic E-state index is 11.3. The number of nitrogens with zero attached hydrogens (tertiary/aromatic N) is 3. The van der Waals surface area contributed by atoms with Crippen LogP contribution in [0.2, 0.25) is 5.02 Å². The summed E-state index contributed by atoms with van der Waals surface area (Å²) in [5.41, 5.74) is 2.06. The van der Waals surface area contributed by atoms with Crippen molar-refractivity contribution in [3.05, 3.63) is 35.0 Å². The molecule has 1 aromatic carbocycles. The summed E-state index contributed by atoms with van der Waals surface area (Å²) in [6.07, 6.45) is 2.13. The molecule has 0 radical (unpaired) electrons. The number of piperidine rings is 1. The van der Waals surface area contributed by atoms with Crippen molar-refractivity contribution < 1.29 is 9.90 Å². The molecule has 0 bridgehead atoms. The Kier molecular flexibility index (Phi) is 4.10. The predicted octanol–water partition coefficient (Wildman–Crippen LogP) is 3.31. The van der Waals surface area contributed by atoms with E-state index in [0.29, 0.717) is 30.1 Å². The molecule has 1 aliphatic heterocycles. The quantitative estimate of drug-likeness (QED) is 0.914. The van der Waals surface area contributed by atoms with Crippen molar-refractivity contribution in [2.24, 2.45) is 11.8 Å². The fourth-order valence-corrected chi connectivity index (χ4v) is 3.46. The van der Waals surface area contributed by atoms with E-state index < -0.39 is 5.97 Å². The van der Waals surface area contributed by atoms with Crippen LogP contribution in [0.25, 0.3) is 10.9 Å². The molecule has 2 aromatic rings. The lowest BCUT2D eigenvalue weighted by Gasteiger charge is -2.37. The van der Waals surface area contributed by atoms with Crippen molar-refractivity contribution in [1.82, 2.24) is 4.98 Å². The van der Waals surface area contributed by atoms with E-state index in [9.17, 15) is 15.2 Å². The zero-order valence-corrected chi connectivity index (χ0v) is 13.4. The molecule has 0 amide bonds. The number of rotatable bonds is 2. The van der Waals surface area contributed by atoms with E-state index in [2.05, 4.69) is 16.0 Å². The lowest BCUT2D eigenvalue weighted by molar-refractivity contribution is -0.144. The molecule has 0 saturated carbocycles. The van der Waals surface area contributed by atoms with E-state index in [1.807, 2.05) is 19.1 Å². The zero-order valence-electron chi connectivity index (χ0n) is 12.7. The van der Waals surface area contributed by atoms with Crippen molar-refractivity contribution in [3.8, 4) is 6.07 Å². The first-order chi connectivity index (χ1) is 11.0. The number of hydrogen-bond donors (Lipinski definition) is 1. The minimum Gasteiger partial charge on any atom is -0.481 e. The zero-order chi connectivity index (χ0) is 16.6. The topological polar surface area (TPSA) is 77.2 Å². The number of benzene rings is 1. The number of pyridine rings is 1. The Labute approximate surface area is 139 Å². The first-order valence-corrected chi connectivity index (χ1v) is 7.85. The Bertz CT molecular complexity index is 815. The molecule has 2 atom stereocenters. The van der Waals surface area contributed by atoms with Gasteiger partial charge in [-0.25, -0.2) is 0 Å². The molecule has 1 N–H and O–H groups in total. The monoisotopic (exact) mass is 329 g/mol. The Hall–Kier alpha value is -2.32. The van der Waals surface area contributed by atoms with Crippen LogP contribution in [0.1, 0.15) is 18.9 Å². The Morgan fingerprint density at radius 3 is 2.96 bits per heavy atom. The second-order valence-electron chi connectivity index (χ2n) is 5.95. The first-order valence-electron chi connectivity index (χ1n) is 7.47. The lowest BCUT2D eigenvalue weighted by Crippen LogP contribution is -2.42. The maximum Gasteiger partial charge on any atom is 0.306 e. The number of aromatic nitrogens is 1. The summed E-state index contributed by atoms with van der Waals surface area (Å²) < 4.78 is 0. The van der Waals surface area contributed by atoms with Crippen LogP contribution in [0.5, 0.6) is 0 Å². The Balaban J connectivity index is 2.07. The number of nitriles is 1. The van der Waals surface area contributed by atoms with Crippen LogP contribution in [-0.4, -0.2) is 29.1 Å². The van der Waals surface area contributed by atoms with Gasteiger partial charge < -0.3 is 10.0 Å². The van der Waals surface area contributed by atoms with E-state index in [1.54, 1.807) is 12.3 Å². The fraction of sp³-hybridized carbons (Fsp3) is 0.353. The molecule has 5 nitrogen and oxygen atoms in total. The summed E-state index contributed by atoms with van der Waals surface area (Å²) in [5, 5.41) is 20.1. The number of carboxylic acids is 1. The summed E-state index contributed by atoms with van der Waals surface area (Å²) >= 11 is 6.11. The predicted molar refractivity (Wildman–Crippen MR) is 88.6 cm³/mol. The van der Waals surface area contributed by atoms with Gasteiger partial charge in [-0.2, -0.15) is 5.26 Å². The third-order valence-corrected chi connectivity index (χ3v) is 4.70. The Morgan fingerprint density at radius 1 is 1.52 bits per heavy atom. The van der Waals surface area contributed by atoms with Gasteiger partial charge in [-0.15, -0.1) is 0 Å². The summed E-state index contributed by atoms with van der Waals surface area (Å²) in [6.45, 7) is 3.13. The molecule has 0 spiro atoms. The van der Waals surface area contributed by atoms with Gasteiger partial charge in [0.1, 0.15) is 6.07 Å². The van der Waals surface area contributed by atoms with Gasteiger partial charge in [0.2, 0.25) is 0 Å². The number of halogens is 1. The summed E-state index contributed by atoms with van der Waals surface area (Å²) in [5.74, 6) is -1.08. The van der Waals surface area contributed by atoms with Crippen LogP contribution >= 0.6 is 11.6 Å². The van der Waals surface area contributed by atoms with Gasteiger partial charge in [0, 0.05) is 29.7 Å². The standard InChI is InChI=1S/C17H16ClN3O2/c1-10-9-21(5-4-13(10)17(22)23)16-11(7-19)8-20-15-3-2-12(18)6-14(15)16/h2-3,6,8,10,13H,4-5,9H2,1H3,(H,22,23). The highest BCUT2D eigenvalue weighted by Crippen LogP contribution is 2.35. The molecule has 23 heavy (non-hydrogen) atoms. The SMILES string of the molecule is CC1CN(c2c(C#N)cnc3ccc(Cl)cc23)CCC1C(=O)O. The molecule has 1 saturated heterocycles. The van der Waals surface area contributed by atoms with Gasteiger partial charge in [-0.05, 0) is 30.5 Å². The molecule has 118 valence electrons. The molecule has 1 aromatic heterocycles. The van der Waals surface area contributed by atoms with Crippen LogP contribution in [-0.2, 0) is 4.79 Å². The number of fused-ring (bicyclic) bond motifs is 1. The van der Waals surface area contributed by atoms with E-state index >= 15 is 0 Å². The molecule has 1 aliphatic rings. The van der Waals surface area contributed by atoms with Crippen molar-refractivity contribution in [1.29, 1.82) is 5.26 Å². The third kappa shape index (κ3) is 2.82. The average molecular weight is 330 g/mol. The van der Waals surface area contributed by atoms with Gasteiger partial charge in [-0.1, -0.05) is 18.5 Å². The van der Waals surface area contributed by atoms with Crippen molar-refractivity contribution in [2.45, 2.75) is 13.3 Å². The largest absolute Gasteiger partial charge is 0.481 e. The summed E-state index contributed by atoms with van der Waals surface area (Å²) in [6, 6.07) is 7.60. The molecule has 0 aliphatic carbocycles. The molecule has 6 heteroatoms. The molecular weight excluding hydrogens is 314 g/mol. The number of aliphatic carboxylic acids is 1. The van der Waals surface area contributed by atoms with Gasteiger partial charge >= 0.3 is 5.97 Å². The van der Waals surface area contributed by atoms with Gasteiger partial charge in [0.05, 0.1) is 22.7 Å². The van der Waals surface area contributed by atoms with Crippen LogP contribution in [0, 0.1) is 23.2 Å². The highest BCUT2D eigenvalue weighted by Gasteiger charge is 2.32. The second kappa shape index (κ2) is 6.05. The Morgan fingerprint density at radius 2 is 2.30 bits per heavy atom. The minimum atomic E-state index is -0.750. The van der Waals surface area contributed by atoms with Crippen LogP contribution < -0.4 is 4.90 Å². The highest BCUT2D eigenvalue weighted by molar-refractivity contribution is 6.31. The van der Waals surface area contributed by atoms with E-state index in [-0.39, 0.29) is 11.8 Å². The molecular formula is C17H16ClN3O2. The third-order valence-electron chi connectivity index (χ3n) is 4.46. The van der Waals surface area contributed by atoms with Gasteiger partial charge in [-0.3, -0.25) is 9.78 Å². The molecule has 3 rings (SSSR count). The van der Waals surface area contributed by atoms with Crippen molar-refractivity contribution in [2.75, 3.05) is 18.0 Å². The van der Waals surface area contributed by atoms with E-state index in [1.165, 1.54) is 0 Å². The van der Waals surface area contributed by atoms with Gasteiger partial charge in [0.15, 0.2) is 0 Å². The van der Waals surface area contributed by atoms with Crippen molar-refractivity contribution in [3.63, 3.8) is 0 Å². The van der Waals surface area contributed by atoms with Crippen LogP contribution in [0.15, 0.2) is 24.4 Å². The second-order valence-corrected chi connectivity index (χ2v) is 6.39. The fourth-order valence-electron chi connectivity index (χ4n) is 3.29. The maximum atomic E-state index is 11.3. The van der Waals surface area contributed by atoms with Gasteiger partial charge in [0.25, 0.3) is 0 Å². The van der Waals surface area contributed by atoms with Crippen molar-refractivity contribution >= 4 is 34.2 Å². The van der Waals surface area contributed by atoms with E-state index in [4.69, 9.17) is 11.6 Å². The average Bonchev–Trinajstić information content (AvgIpc) is 2.53. The van der Waals surface area contributed by atoms with Crippen LogP contribution in [0.4, 0.5) is 5.69 Å². The number of anilines is 1. The highest BCUT2D eigenvalue weighted by atomic mass is 35.5.